The van der Waals surface area contributed by atoms with Crippen molar-refractivity contribution in [2.75, 3.05) is 5.32 Å². The largest absolute Gasteiger partial charge is 0.435 e. The summed E-state index contributed by atoms with van der Waals surface area (Å²) in [5.41, 5.74) is 4.72. The molecule has 4 aromatic rings. The van der Waals surface area contributed by atoms with E-state index in [1.54, 1.807) is 12.1 Å². The van der Waals surface area contributed by atoms with Gasteiger partial charge in [-0.1, -0.05) is 48.5 Å². The van der Waals surface area contributed by atoms with Gasteiger partial charge in [-0.25, -0.2) is 0 Å². The Hall–Kier alpha value is -3.67. The molecule has 6 heteroatoms. The summed E-state index contributed by atoms with van der Waals surface area (Å²) >= 11 is 0. The fourth-order valence-electron chi connectivity index (χ4n) is 4.37. The minimum atomic E-state index is -2.90. The molecule has 0 saturated heterocycles. The average Bonchev–Trinajstić information content (AvgIpc) is 3.04. The molecule has 1 amide bonds. The van der Waals surface area contributed by atoms with Crippen molar-refractivity contribution < 1.29 is 18.3 Å². The number of ether oxygens (including phenoxy) is 1. The topological polar surface area (TPSA) is 43.3 Å². The molecular formula is C25H20F2N2O2. The summed E-state index contributed by atoms with van der Waals surface area (Å²) in [6, 6.07) is 22.6. The van der Waals surface area contributed by atoms with Crippen LogP contribution in [0.5, 0.6) is 5.75 Å². The highest BCUT2D eigenvalue weighted by Crippen LogP contribution is 2.41. The highest BCUT2D eigenvalue weighted by Gasteiger charge is 2.28. The molecule has 2 heterocycles. The van der Waals surface area contributed by atoms with E-state index in [0.29, 0.717) is 6.54 Å². The Kier molecular flexibility index (Phi) is 4.90. The van der Waals surface area contributed by atoms with Crippen molar-refractivity contribution in [3.05, 3.63) is 95.7 Å². The summed E-state index contributed by atoms with van der Waals surface area (Å²) in [5, 5.41) is 3.99. The number of halogens is 2. The number of nitrogens with one attached hydrogen (secondary N) is 1. The van der Waals surface area contributed by atoms with E-state index in [0.717, 1.165) is 27.7 Å². The SMILES string of the molecule is O=C1C[C@H](c2cccc(OC(F)F)c2)c2cn(Cc3ccccc3)c3cccc(c23)N1. The van der Waals surface area contributed by atoms with Gasteiger partial charge in [0.15, 0.2) is 0 Å². The van der Waals surface area contributed by atoms with Crippen molar-refractivity contribution in [1.29, 1.82) is 0 Å². The molecule has 1 atom stereocenters. The predicted molar refractivity (Wildman–Crippen MR) is 116 cm³/mol. The van der Waals surface area contributed by atoms with Gasteiger partial charge in [0.25, 0.3) is 0 Å². The summed E-state index contributed by atoms with van der Waals surface area (Å²) in [6.45, 7) is -2.21. The van der Waals surface area contributed by atoms with Crippen LogP contribution in [0.25, 0.3) is 10.9 Å². The fourth-order valence-corrected chi connectivity index (χ4v) is 4.37. The minimum Gasteiger partial charge on any atom is -0.435 e. The van der Waals surface area contributed by atoms with Crippen molar-refractivity contribution in [1.82, 2.24) is 4.57 Å². The number of amides is 1. The second-order valence-corrected chi connectivity index (χ2v) is 7.65. The van der Waals surface area contributed by atoms with Crippen LogP contribution in [-0.2, 0) is 11.3 Å². The first-order chi connectivity index (χ1) is 15.1. The molecule has 156 valence electrons. The normalized spacial score (nSPS) is 15.7. The second kappa shape index (κ2) is 7.87. The maximum Gasteiger partial charge on any atom is 0.387 e. The van der Waals surface area contributed by atoms with Crippen LogP contribution in [-0.4, -0.2) is 17.1 Å². The van der Waals surface area contributed by atoms with Crippen molar-refractivity contribution >= 4 is 22.5 Å². The quantitative estimate of drug-likeness (QED) is 0.447. The number of nitrogens with zero attached hydrogens (tertiary/aromatic N) is 1. The zero-order chi connectivity index (χ0) is 21.4. The van der Waals surface area contributed by atoms with Crippen molar-refractivity contribution in [2.45, 2.75) is 25.5 Å². The van der Waals surface area contributed by atoms with Gasteiger partial charge in [-0.3, -0.25) is 4.79 Å². The average molecular weight is 418 g/mol. The molecule has 1 aliphatic heterocycles. The second-order valence-electron chi connectivity index (χ2n) is 7.65. The zero-order valence-corrected chi connectivity index (χ0v) is 16.6. The number of hydrogen-bond acceptors (Lipinski definition) is 2. The van der Waals surface area contributed by atoms with Crippen molar-refractivity contribution in [3.63, 3.8) is 0 Å². The molecule has 4 nitrogen and oxygen atoms in total. The smallest absolute Gasteiger partial charge is 0.387 e. The number of anilines is 1. The molecule has 0 saturated carbocycles. The summed E-state index contributed by atoms with van der Waals surface area (Å²) < 4.78 is 32.2. The highest BCUT2D eigenvalue weighted by molar-refractivity contribution is 6.06. The molecule has 1 N–H and O–H groups in total. The van der Waals surface area contributed by atoms with Gasteiger partial charge in [0, 0.05) is 30.5 Å². The molecule has 1 aromatic heterocycles. The number of hydrogen-bond donors (Lipinski definition) is 1. The summed E-state index contributed by atoms with van der Waals surface area (Å²) in [7, 11) is 0. The van der Waals surface area contributed by atoms with Crippen LogP contribution in [0, 0.1) is 0 Å². The van der Waals surface area contributed by atoms with Gasteiger partial charge >= 0.3 is 6.61 Å². The lowest BCUT2D eigenvalue weighted by Crippen LogP contribution is -2.14. The molecule has 0 radical (unpaired) electrons. The van der Waals surface area contributed by atoms with Crippen LogP contribution in [0.15, 0.2) is 79.0 Å². The van der Waals surface area contributed by atoms with E-state index in [9.17, 15) is 13.6 Å². The Morgan fingerprint density at radius 3 is 2.65 bits per heavy atom. The Bertz CT molecular complexity index is 1250. The number of rotatable bonds is 5. The number of carbonyl (C=O) groups is 1. The molecule has 0 unspecified atom stereocenters. The van der Waals surface area contributed by atoms with Crippen molar-refractivity contribution in [3.8, 4) is 5.75 Å². The van der Waals surface area contributed by atoms with Gasteiger partial charge in [-0.05, 0) is 41.0 Å². The van der Waals surface area contributed by atoms with E-state index in [1.165, 1.54) is 11.6 Å². The van der Waals surface area contributed by atoms with Crippen LogP contribution in [0.1, 0.15) is 29.0 Å². The Balaban J connectivity index is 1.64. The molecule has 0 fully saturated rings. The fraction of sp³-hybridized carbons (Fsp3) is 0.160. The Morgan fingerprint density at radius 2 is 1.84 bits per heavy atom. The first kappa shape index (κ1) is 19.3. The van der Waals surface area contributed by atoms with E-state index in [4.69, 9.17) is 0 Å². The van der Waals surface area contributed by atoms with Crippen molar-refractivity contribution in [2.24, 2.45) is 0 Å². The molecular weight excluding hydrogens is 398 g/mol. The maximum atomic E-state index is 12.7. The van der Waals surface area contributed by atoms with E-state index < -0.39 is 6.61 Å². The van der Waals surface area contributed by atoms with Gasteiger partial charge in [0.2, 0.25) is 5.91 Å². The number of aromatic nitrogens is 1. The van der Waals surface area contributed by atoms with E-state index in [-0.39, 0.29) is 24.0 Å². The number of carbonyl (C=O) groups excluding carboxylic acids is 1. The first-order valence-corrected chi connectivity index (χ1v) is 10.1. The summed E-state index contributed by atoms with van der Waals surface area (Å²) in [4.78, 5) is 12.6. The molecule has 0 aliphatic carbocycles. The first-order valence-electron chi connectivity index (χ1n) is 10.1. The monoisotopic (exact) mass is 418 g/mol. The van der Waals surface area contributed by atoms with Crippen LogP contribution in [0.4, 0.5) is 14.5 Å². The van der Waals surface area contributed by atoms with E-state index in [1.807, 2.05) is 42.5 Å². The predicted octanol–water partition coefficient (Wildman–Crippen LogP) is 5.77. The zero-order valence-electron chi connectivity index (χ0n) is 16.6. The lowest BCUT2D eigenvalue weighted by molar-refractivity contribution is -0.116. The van der Waals surface area contributed by atoms with Crippen LogP contribution in [0.2, 0.25) is 0 Å². The van der Waals surface area contributed by atoms with Gasteiger partial charge < -0.3 is 14.6 Å². The molecule has 5 rings (SSSR count). The summed E-state index contributed by atoms with van der Waals surface area (Å²) in [5.74, 6) is -0.293. The third-order valence-corrected chi connectivity index (χ3v) is 5.66. The lowest BCUT2D eigenvalue weighted by Gasteiger charge is -2.16. The van der Waals surface area contributed by atoms with Crippen LogP contribution in [0.3, 0.4) is 0 Å². The Morgan fingerprint density at radius 1 is 1.03 bits per heavy atom. The third kappa shape index (κ3) is 3.77. The lowest BCUT2D eigenvalue weighted by atomic mass is 9.88. The number of alkyl halides is 2. The molecule has 0 spiro atoms. The van der Waals surface area contributed by atoms with Gasteiger partial charge in [0.1, 0.15) is 5.75 Å². The molecule has 1 aliphatic rings. The molecule has 31 heavy (non-hydrogen) atoms. The maximum absolute atomic E-state index is 12.7. The van der Waals surface area contributed by atoms with Gasteiger partial charge in [-0.15, -0.1) is 0 Å². The van der Waals surface area contributed by atoms with Crippen LogP contribution < -0.4 is 10.1 Å². The summed E-state index contributed by atoms with van der Waals surface area (Å²) in [6.07, 6.45) is 2.30. The Labute approximate surface area is 178 Å². The standard InChI is InChI=1S/C25H20F2N2O2/c26-25(27)31-18-9-4-8-17(12-18)19-13-23(30)28-21-10-5-11-22-24(21)20(19)15-29(22)14-16-6-2-1-3-7-16/h1-12,15,19,25H,13-14H2,(H,28,30)/t19-/m1/s1. The van der Waals surface area contributed by atoms with E-state index >= 15 is 0 Å². The minimum absolute atomic E-state index is 0.0883. The van der Waals surface area contributed by atoms with Crippen LogP contribution >= 0.6 is 0 Å². The molecule has 3 aromatic carbocycles. The third-order valence-electron chi connectivity index (χ3n) is 5.66. The van der Waals surface area contributed by atoms with Gasteiger partial charge in [-0.2, -0.15) is 8.78 Å². The molecule has 0 bridgehead atoms. The van der Waals surface area contributed by atoms with E-state index in [2.05, 4.69) is 33.0 Å². The highest BCUT2D eigenvalue weighted by atomic mass is 19.3. The number of benzene rings is 3. The van der Waals surface area contributed by atoms with Gasteiger partial charge in [0.05, 0.1) is 11.2 Å².